The number of hydrogen-bond donors (Lipinski definition) is 2. The minimum Gasteiger partial charge on any atom is -0.338 e. The highest BCUT2D eigenvalue weighted by atomic mass is 35.5. The van der Waals surface area contributed by atoms with Crippen LogP contribution in [0.1, 0.15) is 42.4 Å². The normalized spacial score (nSPS) is 15.3. The van der Waals surface area contributed by atoms with Crippen LogP contribution in [0.5, 0.6) is 0 Å². The van der Waals surface area contributed by atoms with Gasteiger partial charge >= 0.3 is 6.36 Å². The molecule has 1 atom stereocenters. The standard InChI is InChI=1S/C19H19ClF5N3O2S/c1-10(30-19(23,24)25)27-31-17-14-5-3-2-4-8-28(14)16(15(17)20)18(29)26-11-6-7-12(21)13(22)9-11/h6-7,9-10,27H,2-5,8H2,1H3,(H,26,29). The number of carbonyl (C=O) groups is 1. The van der Waals surface area contributed by atoms with E-state index in [9.17, 15) is 26.7 Å². The average Bonchev–Trinajstić information content (AvgIpc) is 2.80. The number of ether oxygens (including phenoxy) is 1. The molecule has 1 aromatic heterocycles. The number of aromatic nitrogens is 1. The van der Waals surface area contributed by atoms with E-state index in [1.54, 1.807) is 4.57 Å². The van der Waals surface area contributed by atoms with Crippen LogP contribution in [0.2, 0.25) is 5.02 Å². The van der Waals surface area contributed by atoms with Crippen molar-refractivity contribution in [1.29, 1.82) is 0 Å². The number of anilines is 1. The average molecular weight is 484 g/mol. The summed E-state index contributed by atoms with van der Waals surface area (Å²) in [5.74, 6) is -2.80. The van der Waals surface area contributed by atoms with Crippen molar-refractivity contribution in [3.8, 4) is 0 Å². The summed E-state index contributed by atoms with van der Waals surface area (Å²) in [6.45, 7) is 1.69. The zero-order valence-corrected chi connectivity index (χ0v) is 17.9. The molecule has 1 aliphatic heterocycles. The molecule has 31 heavy (non-hydrogen) atoms. The SMILES string of the molecule is CC(NSc1c(Cl)c(C(=O)Nc2ccc(F)c(F)c2)n2c1CCCCC2)OC(F)(F)F. The molecule has 1 unspecified atom stereocenters. The molecule has 1 aliphatic rings. The van der Waals surface area contributed by atoms with Crippen LogP contribution in [0, 0.1) is 11.6 Å². The highest BCUT2D eigenvalue weighted by Gasteiger charge is 2.33. The Kier molecular flexibility index (Phi) is 7.51. The highest BCUT2D eigenvalue weighted by molar-refractivity contribution is 7.97. The summed E-state index contributed by atoms with van der Waals surface area (Å²) >= 11 is 7.32. The first-order chi connectivity index (χ1) is 14.6. The Morgan fingerprint density at radius 2 is 1.97 bits per heavy atom. The molecule has 2 aromatic rings. The van der Waals surface area contributed by atoms with E-state index in [0.29, 0.717) is 17.9 Å². The second kappa shape index (κ2) is 9.76. The molecule has 170 valence electrons. The Balaban J connectivity index is 1.87. The smallest absolute Gasteiger partial charge is 0.338 e. The van der Waals surface area contributed by atoms with Crippen LogP contribution in [0.25, 0.3) is 0 Å². The maximum atomic E-state index is 13.5. The van der Waals surface area contributed by atoms with E-state index in [4.69, 9.17) is 11.6 Å². The fourth-order valence-corrected chi connectivity index (χ4v) is 4.56. The van der Waals surface area contributed by atoms with E-state index in [0.717, 1.165) is 49.0 Å². The molecular formula is C19H19ClF5N3O2S. The maximum absolute atomic E-state index is 13.5. The second-order valence-corrected chi connectivity index (χ2v) is 8.14. The largest absolute Gasteiger partial charge is 0.524 e. The summed E-state index contributed by atoms with van der Waals surface area (Å²) in [5, 5.41) is 2.56. The van der Waals surface area contributed by atoms with Gasteiger partial charge in [-0.05, 0) is 50.3 Å². The summed E-state index contributed by atoms with van der Waals surface area (Å²) in [5.41, 5.74) is 0.871. The van der Waals surface area contributed by atoms with Gasteiger partial charge in [0, 0.05) is 24.0 Å². The Bertz CT molecular complexity index is 967. The Morgan fingerprint density at radius 3 is 2.65 bits per heavy atom. The van der Waals surface area contributed by atoms with Gasteiger partial charge in [-0.25, -0.2) is 13.5 Å². The number of halogens is 6. The van der Waals surface area contributed by atoms with Gasteiger partial charge in [0.25, 0.3) is 5.91 Å². The van der Waals surface area contributed by atoms with Crippen molar-refractivity contribution in [2.24, 2.45) is 0 Å². The van der Waals surface area contributed by atoms with Gasteiger partial charge in [-0.1, -0.05) is 18.0 Å². The number of carbonyl (C=O) groups excluding carboxylic acids is 1. The molecule has 12 heteroatoms. The zero-order chi connectivity index (χ0) is 22.8. The first kappa shape index (κ1) is 23.8. The molecule has 0 saturated heterocycles. The van der Waals surface area contributed by atoms with Crippen LogP contribution in [-0.2, 0) is 17.7 Å². The van der Waals surface area contributed by atoms with E-state index in [-0.39, 0.29) is 16.4 Å². The molecule has 2 N–H and O–H groups in total. The van der Waals surface area contributed by atoms with Gasteiger partial charge in [0.15, 0.2) is 11.6 Å². The van der Waals surface area contributed by atoms with Crippen LogP contribution in [0.15, 0.2) is 23.1 Å². The topological polar surface area (TPSA) is 55.3 Å². The van der Waals surface area contributed by atoms with Gasteiger partial charge in [0.2, 0.25) is 0 Å². The third-order valence-electron chi connectivity index (χ3n) is 4.59. The summed E-state index contributed by atoms with van der Waals surface area (Å²) < 4.78 is 72.0. The first-order valence-electron chi connectivity index (χ1n) is 9.41. The maximum Gasteiger partial charge on any atom is 0.524 e. The lowest BCUT2D eigenvalue weighted by Gasteiger charge is -2.16. The quantitative estimate of drug-likeness (QED) is 0.306. The lowest BCUT2D eigenvalue weighted by Crippen LogP contribution is -2.30. The van der Waals surface area contributed by atoms with Crippen LogP contribution in [-0.4, -0.2) is 23.1 Å². The van der Waals surface area contributed by atoms with Gasteiger partial charge in [0.1, 0.15) is 11.9 Å². The molecule has 0 saturated carbocycles. The molecule has 0 aliphatic carbocycles. The summed E-state index contributed by atoms with van der Waals surface area (Å²) in [4.78, 5) is 13.3. The minimum atomic E-state index is -4.80. The van der Waals surface area contributed by atoms with Crippen molar-refractivity contribution in [1.82, 2.24) is 9.29 Å². The number of nitrogens with one attached hydrogen (secondary N) is 2. The van der Waals surface area contributed by atoms with Crippen LogP contribution >= 0.6 is 23.5 Å². The second-order valence-electron chi connectivity index (χ2n) is 6.91. The minimum absolute atomic E-state index is 0.0451. The van der Waals surface area contributed by atoms with E-state index < -0.39 is 30.1 Å². The third-order valence-corrected chi connectivity index (χ3v) is 6.16. The van der Waals surface area contributed by atoms with E-state index in [2.05, 4.69) is 14.8 Å². The van der Waals surface area contributed by atoms with Gasteiger partial charge in [-0.15, -0.1) is 13.2 Å². The lowest BCUT2D eigenvalue weighted by atomic mass is 10.2. The number of alkyl halides is 3. The van der Waals surface area contributed by atoms with Crippen molar-refractivity contribution in [2.75, 3.05) is 5.32 Å². The summed E-state index contributed by atoms with van der Waals surface area (Å²) in [6.07, 6.45) is -3.06. The molecule has 1 amide bonds. The third kappa shape index (κ3) is 5.91. The number of hydrogen-bond acceptors (Lipinski definition) is 4. The first-order valence-corrected chi connectivity index (χ1v) is 10.6. The number of rotatable bonds is 6. The van der Waals surface area contributed by atoms with Gasteiger partial charge < -0.3 is 9.88 Å². The fraction of sp³-hybridized carbons (Fsp3) is 0.421. The van der Waals surface area contributed by atoms with Crippen LogP contribution in [0.4, 0.5) is 27.6 Å². The fourth-order valence-electron chi connectivity index (χ4n) is 3.30. The Morgan fingerprint density at radius 1 is 1.23 bits per heavy atom. The van der Waals surface area contributed by atoms with Crippen molar-refractivity contribution < 1.29 is 31.5 Å². The molecule has 5 nitrogen and oxygen atoms in total. The number of amides is 1. The molecule has 0 bridgehead atoms. The number of benzene rings is 1. The van der Waals surface area contributed by atoms with E-state index in [1.807, 2.05) is 0 Å². The summed E-state index contributed by atoms with van der Waals surface area (Å²) in [6, 6.07) is 2.95. The number of fused-ring (bicyclic) bond motifs is 1. The van der Waals surface area contributed by atoms with Gasteiger partial charge in [0.05, 0.1) is 9.92 Å². The predicted molar refractivity (Wildman–Crippen MR) is 107 cm³/mol. The highest BCUT2D eigenvalue weighted by Crippen LogP contribution is 2.38. The summed E-state index contributed by atoms with van der Waals surface area (Å²) in [7, 11) is 0. The van der Waals surface area contributed by atoms with Crippen LogP contribution in [0.3, 0.4) is 0 Å². The van der Waals surface area contributed by atoms with Gasteiger partial charge in [-0.2, -0.15) is 0 Å². The molecule has 0 radical (unpaired) electrons. The van der Waals surface area contributed by atoms with Crippen molar-refractivity contribution in [3.05, 3.63) is 46.2 Å². The molecular weight excluding hydrogens is 465 g/mol. The van der Waals surface area contributed by atoms with Crippen molar-refractivity contribution >= 4 is 35.1 Å². The van der Waals surface area contributed by atoms with Crippen molar-refractivity contribution in [3.63, 3.8) is 0 Å². The number of nitrogens with zero attached hydrogens (tertiary/aromatic N) is 1. The molecule has 0 spiro atoms. The monoisotopic (exact) mass is 483 g/mol. The molecule has 3 rings (SSSR count). The molecule has 2 heterocycles. The lowest BCUT2D eigenvalue weighted by molar-refractivity contribution is -0.341. The van der Waals surface area contributed by atoms with E-state index in [1.165, 1.54) is 13.0 Å². The Hall–Kier alpha value is -1.82. The van der Waals surface area contributed by atoms with Crippen LogP contribution < -0.4 is 10.0 Å². The van der Waals surface area contributed by atoms with E-state index >= 15 is 0 Å². The molecule has 0 fully saturated rings. The van der Waals surface area contributed by atoms with Crippen molar-refractivity contribution in [2.45, 2.75) is 56.6 Å². The predicted octanol–water partition coefficient (Wildman–Crippen LogP) is 5.88. The van der Waals surface area contributed by atoms with Gasteiger partial charge in [-0.3, -0.25) is 9.53 Å². The zero-order valence-electron chi connectivity index (χ0n) is 16.3. The molecule has 1 aromatic carbocycles. The Labute approximate surface area is 184 Å².